The van der Waals surface area contributed by atoms with Crippen LogP contribution >= 0.6 is 11.3 Å². The third-order valence-corrected chi connectivity index (χ3v) is 6.81. The van der Waals surface area contributed by atoms with E-state index in [4.69, 9.17) is 9.47 Å². The van der Waals surface area contributed by atoms with Gasteiger partial charge in [-0.3, -0.25) is 4.79 Å². The third-order valence-electron chi connectivity index (χ3n) is 5.84. The van der Waals surface area contributed by atoms with Crippen LogP contribution in [0.15, 0.2) is 72.1 Å². The second-order valence-corrected chi connectivity index (χ2v) is 9.25. The number of esters is 1. The Hall–Kier alpha value is -3.76. The van der Waals surface area contributed by atoms with Gasteiger partial charge in [0, 0.05) is 15.6 Å². The maximum atomic E-state index is 13.6. The molecule has 0 unspecified atom stereocenters. The molecule has 0 aliphatic carbocycles. The van der Waals surface area contributed by atoms with E-state index in [0.29, 0.717) is 17.9 Å². The van der Waals surface area contributed by atoms with Gasteiger partial charge in [0.1, 0.15) is 12.4 Å². The summed E-state index contributed by atoms with van der Waals surface area (Å²) < 4.78 is 52.7. The van der Waals surface area contributed by atoms with Crippen LogP contribution in [0.4, 0.5) is 13.2 Å². The number of rotatable bonds is 8. The van der Waals surface area contributed by atoms with Crippen molar-refractivity contribution in [2.45, 2.75) is 39.0 Å². The van der Waals surface area contributed by atoms with Crippen molar-refractivity contribution in [2.24, 2.45) is 0 Å². The van der Waals surface area contributed by atoms with Crippen LogP contribution in [0, 0.1) is 11.8 Å². The van der Waals surface area contributed by atoms with Crippen molar-refractivity contribution < 1.29 is 27.4 Å². The molecule has 0 saturated heterocycles. The Kier molecular flexibility index (Phi) is 8.20. The molecule has 0 bridgehead atoms. The summed E-state index contributed by atoms with van der Waals surface area (Å²) in [6.07, 6.45) is -4.26. The second kappa shape index (κ2) is 11.5. The highest BCUT2D eigenvalue weighted by Gasteiger charge is 2.33. The molecule has 0 aliphatic rings. The van der Waals surface area contributed by atoms with Crippen LogP contribution in [0.5, 0.6) is 5.75 Å². The zero-order chi connectivity index (χ0) is 26.4. The summed E-state index contributed by atoms with van der Waals surface area (Å²) >= 11 is 1.41. The maximum Gasteiger partial charge on any atom is 0.417 e. The van der Waals surface area contributed by atoms with E-state index in [-0.39, 0.29) is 30.5 Å². The Morgan fingerprint density at radius 3 is 2.49 bits per heavy atom. The van der Waals surface area contributed by atoms with Crippen molar-refractivity contribution in [3.63, 3.8) is 0 Å². The standard InChI is InChI=1S/C30H25F3O3S/c1-3-7-22(17-29(34)35-4-2)21-11-13-23(14-12-21)36-18-20-10-15-28-25(16-20)26(19-37-28)24-8-5-6-9-27(24)30(31,32)33/h5-6,8-16,19,22H,4,17-18H2,1-2H3/t22-/m0/s1. The SMILES string of the molecule is CC#C[C@@H](CC(=O)OCC)c1ccc(OCc2ccc3scc(-c4ccccc4C(F)(F)F)c3c2)cc1. The lowest BCUT2D eigenvalue weighted by atomic mass is 9.96. The summed E-state index contributed by atoms with van der Waals surface area (Å²) in [6, 6.07) is 18.7. The van der Waals surface area contributed by atoms with Crippen molar-refractivity contribution in [3.8, 4) is 28.7 Å². The summed E-state index contributed by atoms with van der Waals surface area (Å²) in [6.45, 7) is 4.08. The molecule has 4 rings (SSSR count). The molecule has 37 heavy (non-hydrogen) atoms. The summed E-state index contributed by atoms with van der Waals surface area (Å²) in [7, 11) is 0. The Morgan fingerprint density at radius 1 is 1.03 bits per heavy atom. The van der Waals surface area contributed by atoms with Gasteiger partial charge in [-0.15, -0.1) is 17.3 Å². The highest BCUT2D eigenvalue weighted by atomic mass is 32.1. The van der Waals surface area contributed by atoms with Crippen LogP contribution in [0.3, 0.4) is 0 Å². The zero-order valence-electron chi connectivity index (χ0n) is 20.4. The molecule has 0 spiro atoms. The monoisotopic (exact) mass is 522 g/mol. The van der Waals surface area contributed by atoms with Crippen molar-refractivity contribution in [1.29, 1.82) is 0 Å². The van der Waals surface area contributed by atoms with E-state index in [1.54, 1.807) is 25.3 Å². The number of carbonyl (C=O) groups is 1. The Labute approximate surface area is 217 Å². The molecule has 0 fully saturated rings. The van der Waals surface area contributed by atoms with Gasteiger partial charge in [-0.2, -0.15) is 13.2 Å². The Balaban J connectivity index is 1.51. The molecule has 7 heteroatoms. The number of ether oxygens (including phenoxy) is 2. The fraction of sp³-hybridized carbons (Fsp3) is 0.233. The highest BCUT2D eigenvalue weighted by molar-refractivity contribution is 7.17. The number of thiophene rings is 1. The van der Waals surface area contributed by atoms with Crippen LogP contribution in [0.1, 0.15) is 42.9 Å². The van der Waals surface area contributed by atoms with Gasteiger partial charge in [0.05, 0.1) is 24.5 Å². The van der Waals surface area contributed by atoms with Gasteiger partial charge in [-0.1, -0.05) is 42.3 Å². The summed E-state index contributed by atoms with van der Waals surface area (Å²) in [4.78, 5) is 11.9. The molecule has 1 aromatic heterocycles. The average Bonchev–Trinajstić information content (AvgIpc) is 3.30. The lowest BCUT2D eigenvalue weighted by Gasteiger charge is -2.13. The molecule has 0 radical (unpaired) electrons. The minimum atomic E-state index is -4.43. The van der Waals surface area contributed by atoms with Gasteiger partial charge in [-0.05, 0) is 66.2 Å². The van der Waals surface area contributed by atoms with Crippen LogP contribution in [-0.2, 0) is 22.3 Å². The van der Waals surface area contributed by atoms with Gasteiger partial charge in [0.15, 0.2) is 0 Å². The first-order valence-corrected chi connectivity index (χ1v) is 12.7. The van der Waals surface area contributed by atoms with E-state index in [9.17, 15) is 18.0 Å². The predicted octanol–water partition coefficient (Wildman–Crippen LogP) is 8.23. The van der Waals surface area contributed by atoms with Crippen LogP contribution in [0.25, 0.3) is 21.2 Å². The van der Waals surface area contributed by atoms with E-state index in [2.05, 4.69) is 11.8 Å². The number of alkyl halides is 3. The van der Waals surface area contributed by atoms with Gasteiger partial charge in [-0.25, -0.2) is 0 Å². The third kappa shape index (κ3) is 6.33. The fourth-order valence-electron chi connectivity index (χ4n) is 4.12. The zero-order valence-corrected chi connectivity index (χ0v) is 21.2. The van der Waals surface area contributed by atoms with Crippen LogP contribution in [-0.4, -0.2) is 12.6 Å². The molecule has 0 N–H and O–H groups in total. The van der Waals surface area contributed by atoms with Crippen molar-refractivity contribution in [2.75, 3.05) is 6.61 Å². The molecule has 1 atom stereocenters. The molecule has 1 heterocycles. The minimum Gasteiger partial charge on any atom is -0.489 e. The number of hydrogen-bond acceptors (Lipinski definition) is 4. The van der Waals surface area contributed by atoms with E-state index < -0.39 is 11.7 Å². The normalized spacial score (nSPS) is 12.0. The van der Waals surface area contributed by atoms with E-state index >= 15 is 0 Å². The molecule has 0 amide bonds. The molecular formula is C30H25F3O3S. The molecule has 3 aromatic carbocycles. The van der Waals surface area contributed by atoms with Crippen molar-refractivity contribution >= 4 is 27.4 Å². The first kappa shape index (κ1) is 26.3. The fourth-order valence-corrected chi connectivity index (χ4v) is 5.06. The first-order valence-electron chi connectivity index (χ1n) is 11.8. The summed E-state index contributed by atoms with van der Waals surface area (Å²) in [5, 5.41) is 2.53. The second-order valence-electron chi connectivity index (χ2n) is 8.34. The molecule has 0 saturated carbocycles. The van der Waals surface area contributed by atoms with Crippen molar-refractivity contribution in [1.82, 2.24) is 0 Å². The van der Waals surface area contributed by atoms with Gasteiger partial charge in [0.25, 0.3) is 0 Å². The Morgan fingerprint density at radius 2 is 1.78 bits per heavy atom. The van der Waals surface area contributed by atoms with Gasteiger partial charge < -0.3 is 9.47 Å². The highest BCUT2D eigenvalue weighted by Crippen LogP contribution is 2.41. The largest absolute Gasteiger partial charge is 0.489 e. The number of fused-ring (bicyclic) bond motifs is 1. The molecule has 3 nitrogen and oxygen atoms in total. The maximum absolute atomic E-state index is 13.6. The predicted molar refractivity (Wildman–Crippen MR) is 140 cm³/mol. The van der Waals surface area contributed by atoms with Gasteiger partial charge in [0.2, 0.25) is 0 Å². The lowest BCUT2D eigenvalue weighted by Crippen LogP contribution is -2.09. The smallest absolute Gasteiger partial charge is 0.417 e. The van der Waals surface area contributed by atoms with E-state index in [0.717, 1.165) is 27.3 Å². The summed E-state index contributed by atoms with van der Waals surface area (Å²) in [5.41, 5.74) is 1.82. The number of benzene rings is 3. The van der Waals surface area contributed by atoms with E-state index in [1.165, 1.54) is 23.5 Å². The molecule has 0 aliphatic heterocycles. The Bertz CT molecular complexity index is 1440. The topological polar surface area (TPSA) is 35.5 Å². The molecular weight excluding hydrogens is 497 g/mol. The van der Waals surface area contributed by atoms with Crippen LogP contribution in [0.2, 0.25) is 0 Å². The summed E-state index contributed by atoms with van der Waals surface area (Å²) in [5.74, 6) is 5.99. The number of halogens is 3. The van der Waals surface area contributed by atoms with E-state index in [1.807, 2.05) is 42.5 Å². The molecule has 190 valence electrons. The van der Waals surface area contributed by atoms with Crippen molar-refractivity contribution in [3.05, 3.63) is 88.8 Å². The van der Waals surface area contributed by atoms with Crippen LogP contribution < -0.4 is 4.74 Å². The number of carbonyl (C=O) groups excluding carboxylic acids is 1. The van der Waals surface area contributed by atoms with Gasteiger partial charge >= 0.3 is 12.1 Å². The quantitative estimate of drug-likeness (QED) is 0.173. The lowest BCUT2D eigenvalue weighted by molar-refractivity contribution is -0.143. The first-order chi connectivity index (χ1) is 17.8. The number of hydrogen-bond donors (Lipinski definition) is 0. The molecule has 4 aromatic rings. The minimum absolute atomic E-state index is 0.169. The average molecular weight is 523 g/mol.